The van der Waals surface area contributed by atoms with E-state index in [0.717, 1.165) is 10.6 Å². The van der Waals surface area contributed by atoms with Gasteiger partial charge in [-0.1, -0.05) is 18.2 Å². The van der Waals surface area contributed by atoms with Crippen molar-refractivity contribution >= 4 is 11.6 Å². The molecule has 3 rings (SSSR count). The Morgan fingerprint density at radius 1 is 1.17 bits per heavy atom. The minimum absolute atomic E-state index is 0.0188. The first-order valence-corrected chi connectivity index (χ1v) is 6.55. The number of alkyl halides is 3. The van der Waals surface area contributed by atoms with Crippen LogP contribution in [-0.2, 0) is 6.18 Å². The van der Waals surface area contributed by atoms with Gasteiger partial charge >= 0.3 is 12.1 Å². The molecule has 2 heterocycles. The van der Waals surface area contributed by atoms with Crippen LogP contribution in [0, 0.1) is 6.92 Å². The van der Waals surface area contributed by atoms with Gasteiger partial charge in [0.25, 0.3) is 0 Å². The third-order valence-corrected chi connectivity index (χ3v) is 3.36. The summed E-state index contributed by atoms with van der Waals surface area (Å²) in [4.78, 5) is 15.3. The Morgan fingerprint density at radius 3 is 2.52 bits per heavy atom. The fourth-order valence-electron chi connectivity index (χ4n) is 2.39. The van der Waals surface area contributed by atoms with Crippen LogP contribution in [0.2, 0.25) is 0 Å². The summed E-state index contributed by atoms with van der Waals surface area (Å²) in [6.07, 6.45) is -4.53. The molecule has 8 heteroatoms. The number of imidazole rings is 1. The van der Waals surface area contributed by atoms with Crippen LogP contribution in [0.3, 0.4) is 0 Å². The maximum Gasteiger partial charge on any atom is 0.417 e. The molecule has 0 aliphatic heterocycles. The van der Waals surface area contributed by atoms with Crippen molar-refractivity contribution in [2.24, 2.45) is 0 Å². The van der Waals surface area contributed by atoms with Crippen molar-refractivity contribution in [1.82, 2.24) is 14.6 Å². The van der Waals surface area contributed by atoms with Crippen molar-refractivity contribution in [3.8, 4) is 11.3 Å². The largest absolute Gasteiger partial charge is 0.476 e. The number of carboxylic acid groups (broad SMARTS) is 1. The quantitative estimate of drug-likeness (QED) is 0.785. The van der Waals surface area contributed by atoms with Crippen LogP contribution < -0.4 is 0 Å². The summed E-state index contributed by atoms with van der Waals surface area (Å²) in [6, 6.07) is 7.83. The lowest BCUT2D eigenvalue weighted by atomic mass is 10.0. The Hall–Kier alpha value is -2.90. The molecule has 0 atom stereocenters. The van der Waals surface area contributed by atoms with Crippen molar-refractivity contribution in [1.29, 1.82) is 0 Å². The van der Waals surface area contributed by atoms with E-state index in [4.69, 9.17) is 0 Å². The molecule has 3 aromatic rings. The lowest BCUT2D eigenvalue weighted by Crippen LogP contribution is -2.09. The van der Waals surface area contributed by atoms with E-state index in [0.29, 0.717) is 0 Å². The van der Waals surface area contributed by atoms with Gasteiger partial charge in [0.15, 0.2) is 11.3 Å². The molecule has 1 N–H and O–H groups in total. The molecule has 5 nitrogen and oxygen atoms in total. The molecule has 0 bridgehead atoms. The number of aromatic nitrogens is 3. The second kappa shape index (κ2) is 5.08. The van der Waals surface area contributed by atoms with E-state index in [2.05, 4.69) is 10.1 Å². The van der Waals surface area contributed by atoms with E-state index in [1.54, 1.807) is 0 Å². The van der Waals surface area contributed by atoms with Crippen LogP contribution in [0.25, 0.3) is 16.9 Å². The van der Waals surface area contributed by atoms with Gasteiger partial charge in [-0.2, -0.15) is 18.3 Å². The van der Waals surface area contributed by atoms with Gasteiger partial charge in [-0.3, -0.25) is 0 Å². The number of nitrogens with zero attached hydrogens (tertiary/aromatic N) is 3. The summed E-state index contributed by atoms with van der Waals surface area (Å²) in [5.41, 5.74) is -0.610. The molecule has 1 aromatic carbocycles. The number of fused-ring (bicyclic) bond motifs is 1. The lowest BCUT2D eigenvalue weighted by Gasteiger charge is -2.12. The van der Waals surface area contributed by atoms with Gasteiger partial charge in [-0.15, -0.1) is 0 Å². The molecule has 0 aliphatic carbocycles. The highest BCUT2D eigenvalue weighted by Crippen LogP contribution is 2.36. The number of hydrogen-bond acceptors (Lipinski definition) is 3. The lowest BCUT2D eigenvalue weighted by molar-refractivity contribution is -0.137. The van der Waals surface area contributed by atoms with E-state index >= 15 is 0 Å². The highest BCUT2D eigenvalue weighted by molar-refractivity contribution is 5.88. The van der Waals surface area contributed by atoms with Crippen molar-refractivity contribution < 1.29 is 23.1 Å². The molecule has 0 saturated heterocycles. The number of carbonyl (C=O) groups is 1. The first kappa shape index (κ1) is 15.0. The van der Waals surface area contributed by atoms with Gasteiger partial charge in [0.2, 0.25) is 0 Å². The maximum absolute atomic E-state index is 13.1. The highest BCUT2D eigenvalue weighted by Gasteiger charge is 2.33. The fourth-order valence-corrected chi connectivity index (χ4v) is 2.39. The van der Waals surface area contributed by atoms with Crippen LogP contribution in [0.1, 0.15) is 21.7 Å². The molecule has 0 spiro atoms. The molecular weight excluding hydrogens is 311 g/mol. The van der Waals surface area contributed by atoms with E-state index in [-0.39, 0.29) is 28.3 Å². The minimum atomic E-state index is -4.53. The fraction of sp³-hybridized carbons (Fsp3) is 0.133. The first-order valence-electron chi connectivity index (χ1n) is 6.55. The van der Waals surface area contributed by atoms with Crippen molar-refractivity contribution in [2.75, 3.05) is 0 Å². The van der Waals surface area contributed by atoms with Crippen LogP contribution in [0.4, 0.5) is 13.2 Å². The predicted molar refractivity (Wildman–Crippen MR) is 75.1 cm³/mol. The van der Waals surface area contributed by atoms with E-state index in [1.807, 2.05) is 0 Å². The molecule has 0 aliphatic rings. The normalized spacial score (nSPS) is 11.8. The van der Waals surface area contributed by atoms with Crippen LogP contribution >= 0.6 is 0 Å². The van der Waals surface area contributed by atoms with Crippen LogP contribution in [0.15, 0.2) is 36.4 Å². The Balaban J connectivity index is 2.27. The second-order valence-electron chi connectivity index (χ2n) is 4.88. The zero-order valence-corrected chi connectivity index (χ0v) is 11.8. The third kappa shape index (κ3) is 2.52. The van der Waals surface area contributed by atoms with Crippen molar-refractivity contribution in [3.05, 3.63) is 53.3 Å². The van der Waals surface area contributed by atoms with Crippen molar-refractivity contribution in [2.45, 2.75) is 13.1 Å². The average Bonchev–Trinajstić information content (AvgIpc) is 2.81. The van der Waals surface area contributed by atoms with E-state index < -0.39 is 17.7 Å². The van der Waals surface area contributed by atoms with E-state index in [9.17, 15) is 23.1 Å². The third-order valence-electron chi connectivity index (χ3n) is 3.36. The maximum atomic E-state index is 13.1. The molecule has 0 saturated carbocycles. The molecule has 0 fully saturated rings. The minimum Gasteiger partial charge on any atom is -0.476 e. The zero-order valence-electron chi connectivity index (χ0n) is 11.8. The van der Waals surface area contributed by atoms with E-state index in [1.165, 1.54) is 37.3 Å². The highest BCUT2D eigenvalue weighted by atomic mass is 19.4. The Bertz CT molecular complexity index is 916. The molecular formula is C15H10F3N3O2. The molecule has 23 heavy (non-hydrogen) atoms. The first-order chi connectivity index (χ1) is 10.8. The Kier molecular flexibility index (Phi) is 3.32. The summed E-state index contributed by atoms with van der Waals surface area (Å²) in [7, 11) is 0. The molecule has 0 unspecified atom stereocenters. The summed E-state index contributed by atoms with van der Waals surface area (Å²) in [5, 5.41) is 13.3. The summed E-state index contributed by atoms with van der Waals surface area (Å²) >= 11 is 0. The number of benzene rings is 1. The van der Waals surface area contributed by atoms with Gasteiger partial charge in [-0.05, 0) is 25.1 Å². The number of aryl methyl sites for hydroxylation is 1. The Morgan fingerprint density at radius 2 is 1.87 bits per heavy atom. The number of halogens is 3. The number of carboxylic acids is 1. The van der Waals surface area contributed by atoms with Gasteiger partial charge in [0.05, 0.1) is 17.0 Å². The van der Waals surface area contributed by atoms with Gasteiger partial charge in [0.1, 0.15) is 0 Å². The average molecular weight is 321 g/mol. The number of hydrogen-bond donors (Lipinski definition) is 1. The zero-order chi connectivity index (χ0) is 16.8. The van der Waals surface area contributed by atoms with Gasteiger partial charge in [-0.25, -0.2) is 14.3 Å². The smallest absolute Gasteiger partial charge is 0.417 e. The Labute approximate surface area is 128 Å². The van der Waals surface area contributed by atoms with Gasteiger partial charge in [0, 0.05) is 5.56 Å². The van der Waals surface area contributed by atoms with Crippen LogP contribution in [-0.4, -0.2) is 25.7 Å². The van der Waals surface area contributed by atoms with Crippen LogP contribution in [0.5, 0.6) is 0 Å². The molecule has 118 valence electrons. The SMILES string of the molecule is Cc1nc2ccc(-c3ccccc3C(F)(F)F)nn2c1C(=O)O. The topological polar surface area (TPSA) is 67.5 Å². The van der Waals surface area contributed by atoms with Gasteiger partial charge < -0.3 is 5.11 Å². The summed E-state index contributed by atoms with van der Waals surface area (Å²) in [6.45, 7) is 1.50. The molecule has 0 radical (unpaired) electrons. The number of aromatic carboxylic acids is 1. The van der Waals surface area contributed by atoms with Crippen molar-refractivity contribution in [3.63, 3.8) is 0 Å². The molecule has 2 aromatic heterocycles. The predicted octanol–water partition coefficient (Wildman–Crippen LogP) is 3.42. The second-order valence-corrected chi connectivity index (χ2v) is 4.88. The molecule has 0 amide bonds. The number of rotatable bonds is 2. The standard InChI is InChI=1S/C15H10F3N3O2/c1-8-13(14(22)23)21-12(19-8)7-6-11(20-21)9-4-2-3-5-10(9)15(16,17)18/h2-7H,1H3,(H,22,23). The summed E-state index contributed by atoms with van der Waals surface area (Å²) < 4.78 is 40.4. The summed E-state index contributed by atoms with van der Waals surface area (Å²) in [5.74, 6) is -1.25. The monoisotopic (exact) mass is 321 g/mol.